The second-order valence-corrected chi connectivity index (χ2v) is 10.3. The molecule has 0 bridgehead atoms. The monoisotopic (exact) mass is 528 g/mol. The summed E-state index contributed by atoms with van der Waals surface area (Å²) in [4.78, 5) is 26.8. The Labute approximate surface area is 214 Å². The minimum Gasteiger partial charge on any atom is -0.460 e. The van der Waals surface area contributed by atoms with Gasteiger partial charge in [0.2, 0.25) is 0 Å². The molecule has 8 nitrogen and oxygen atoms in total. The highest BCUT2D eigenvalue weighted by Crippen LogP contribution is 2.29. The second-order valence-electron chi connectivity index (χ2n) is 8.18. The number of hydrogen-bond donors (Lipinski definition) is 1. The third-order valence-electron chi connectivity index (χ3n) is 5.68. The molecule has 3 aromatic rings. The SMILES string of the molecule is COCCOC(=O)c1ccc(-c2ccccc2)cc1NS(=O)(=O)c1cc(Cl)cc(C(=O)N2CCC2)c1. The van der Waals surface area contributed by atoms with Gasteiger partial charge in [0.05, 0.1) is 22.8 Å². The molecule has 1 saturated heterocycles. The van der Waals surface area contributed by atoms with Crippen LogP contribution in [0.1, 0.15) is 27.1 Å². The lowest BCUT2D eigenvalue weighted by atomic mass is 10.0. The van der Waals surface area contributed by atoms with Crippen molar-refractivity contribution in [2.75, 3.05) is 38.1 Å². The summed E-state index contributed by atoms with van der Waals surface area (Å²) in [5, 5.41) is 0.110. The van der Waals surface area contributed by atoms with Crippen molar-refractivity contribution < 1.29 is 27.5 Å². The predicted octanol–water partition coefficient (Wildman–Crippen LogP) is 4.46. The number of halogens is 1. The van der Waals surface area contributed by atoms with Crippen molar-refractivity contribution in [1.29, 1.82) is 0 Å². The zero-order chi connectivity index (χ0) is 25.7. The Kier molecular flexibility index (Phi) is 7.93. The molecule has 1 amide bonds. The maximum atomic E-state index is 13.4. The normalized spacial score (nSPS) is 13.1. The molecule has 0 aromatic heterocycles. The molecule has 10 heteroatoms. The van der Waals surface area contributed by atoms with Crippen molar-refractivity contribution in [3.8, 4) is 11.1 Å². The summed E-state index contributed by atoms with van der Waals surface area (Å²) < 4.78 is 39.4. The Bertz CT molecular complexity index is 1370. The van der Waals surface area contributed by atoms with Gasteiger partial charge in [-0.2, -0.15) is 0 Å². The zero-order valence-electron chi connectivity index (χ0n) is 19.6. The third kappa shape index (κ3) is 5.87. The van der Waals surface area contributed by atoms with Gasteiger partial charge in [0.15, 0.2) is 0 Å². The van der Waals surface area contributed by atoms with E-state index in [-0.39, 0.29) is 45.9 Å². The van der Waals surface area contributed by atoms with Gasteiger partial charge in [-0.25, -0.2) is 13.2 Å². The summed E-state index contributed by atoms with van der Waals surface area (Å²) >= 11 is 6.18. The lowest BCUT2D eigenvalue weighted by Crippen LogP contribution is -2.42. The number of anilines is 1. The van der Waals surface area contributed by atoms with Crippen LogP contribution in [-0.2, 0) is 19.5 Å². The van der Waals surface area contributed by atoms with E-state index in [0.717, 1.165) is 12.0 Å². The Morgan fingerprint density at radius 2 is 1.72 bits per heavy atom. The maximum Gasteiger partial charge on any atom is 0.340 e. The Morgan fingerprint density at radius 1 is 0.972 bits per heavy atom. The summed E-state index contributed by atoms with van der Waals surface area (Å²) in [7, 11) is -2.74. The molecule has 0 unspecified atom stereocenters. The fourth-order valence-electron chi connectivity index (χ4n) is 3.66. The van der Waals surface area contributed by atoms with Crippen LogP contribution in [0.25, 0.3) is 11.1 Å². The molecule has 4 rings (SSSR count). The summed E-state index contributed by atoms with van der Waals surface area (Å²) in [5.74, 6) is -0.988. The van der Waals surface area contributed by atoms with E-state index >= 15 is 0 Å². The summed E-state index contributed by atoms with van der Waals surface area (Å²) in [6.45, 7) is 1.45. The van der Waals surface area contributed by atoms with Crippen LogP contribution in [0.15, 0.2) is 71.6 Å². The number of methoxy groups -OCH3 is 1. The van der Waals surface area contributed by atoms with Crippen LogP contribution in [-0.4, -0.2) is 58.6 Å². The maximum absolute atomic E-state index is 13.4. The van der Waals surface area contributed by atoms with Gasteiger partial charge in [-0.1, -0.05) is 48.0 Å². The van der Waals surface area contributed by atoms with E-state index in [9.17, 15) is 18.0 Å². The van der Waals surface area contributed by atoms with E-state index in [1.807, 2.05) is 30.3 Å². The molecule has 1 heterocycles. The highest BCUT2D eigenvalue weighted by molar-refractivity contribution is 7.92. The van der Waals surface area contributed by atoms with Gasteiger partial charge in [0.25, 0.3) is 15.9 Å². The summed E-state index contributed by atoms with van der Waals surface area (Å²) in [6, 6.07) is 18.1. The fourth-order valence-corrected chi connectivity index (χ4v) is 5.10. The number of carbonyl (C=O) groups excluding carboxylic acids is 2. The Hall–Kier alpha value is -3.40. The van der Waals surface area contributed by atoms with E-state index < -0.39 is 16.0 Å². The average molecular weight is 529 g/mol. The van der Waals surface area contributed by atoms with Gasteiger partial charge < -0.3 is 14.4 Å². The van der Waals surface area contributed by atoms with Crippen LogP contribution in [0, 0.1) is 0 Å². The minimum absolute atomic E-state index is 0.0121. The van der Waals surface area contributed by atoms with Gasteiger partial charge in [-0.15, -0.1) is 0 Å². The Balaban J connectivity index is 1.70. The van der Waals surface area contributed by atoms with Gasteiger partial charge in [0, 0.05) is 30.8 Å². The highest BCUT2D eigenvalue weighted by atomic mass is 35.5. The molecular formula is C26H25ClN2O6S. The number of amides is 1. The molecule has 3 aromatic carbocycles. The van der Waals surface area contributed by atoms with Crippen LogP contribution in [0.3, 0.4) is 0 Å². The number of likely N-dealkylation sites (tertiary alicyclic amines) is 1. The smallest absolute Gasteiger partial charge is 0.340 e. The molecular weight excluding hydrogens is 504 g/mol. The number of nitrogens with zero attached hydrogens (tertiary/aromatic N) is 1. The van der Waals surface area contributed by atoms with Crippen molar-refractivity contribution >= 4 is 39.2 Å². The van der Waals surface area contributed by atoms with Gasteiger partial charge in [-0.05, 0) is 47.9 Å². The van der Waals surface area contributed by atoms with Crippen LogP contribution in [0.4, 0.5) is 5.69 Å². The molecule has 36 heavy (non-hydrogen) atoms. The quantitative estimate of drug-likeness (QED) is 0.325. The van der Waals surface area contributed by atoms with Gasteiger partial charge in [-0.3, -0.25) is 9.52 Å². The summed E-state index contributed by atoms with van der Waals surface area (Å²) in [6.07, 6.45) is 0.903. The molecule has 0 radical (unpaired) electrons. The van der Waals surface area contributed by atoms with Crippen LogP contribution < -0.4 is 4.72 Å². The molecule has 1 N–H and O–H groups in total. The third-order valence-corrected chi connectivity index (χ3v) is 7.25. The predicted molar refractivity (Wildman–Crippen MR) is 137 cm³/mol. The number of rotatable bonds is 9. The van der Waals surface area contributed by atoms with Crippen molar-refractivity contribution in [2.45, 2.75) is 11.3 Å². The molecule has 0 saturated carbocycles. The number of nitrogens with one attached hydrogen (secondary N) is 1. The first-order chi connectivity index (χ1) is 17.3. The van der Waals surface area contributed by atoms with Crippen molar-refractivity contribution in [1.82, 2.24) is 4.90 Å². The van der Waals surface area contributed by atoms with E-state index in [2.05, 4.69) is 4.72 Å². The van der Waals surface area contributed by atoms with E-state index in [1.165, 1.54) is 31.4 Å². The number of benzene rings is 3. The molecule has 1 aliphatic heterocycles. The lowest BCUT2D eigenvalue weighted by molar-refractivity contribution is 0.0389. The van der Waals surface area contributed by atoms with Crippen molar-refractivity contribution in [2.24, 2.45) is 0 Å². The number of sulfonamides is 1. The number of hydrogen-bond acceptors (Lipinski definition) is 6. The van der Waals surface area contributed by atoms with Crippen molar-refractivity contribution in [3.63, 3.8) is 0 Å². The molecule has 188 valence electrons. The lowest BCUT2D eigenvalue weighted by Gasteiger charge is -2.31. The van der Waals surface area contributed by atoms with Crippen LogP contribution in [0.5, 0.6) is 0 Å². The van der Waals surface area contributed by atoms with Gasteiger partial charge in [0.1, 0.15) is 6.61 Å². The molecule has 0 atom stereocenters. The van der Waals surface area contributed by atoms with Crippen LogP contribution in [0.2, 0.25) is 5.02 Å². The van der Waals surface area contributed by atoms with Crippen LogP contribution >= 0.6 is 11.6 Å². The topological polar surface area (TPSA) is 102 Å². The van der Waals surface area contributed by atoms with E-state index in [1.54, 1.807) is 17.0 Å². The molecule has 0 spiro atoms. The highest BCUT2D eigenvalue weighted by Gasteiger charge is 2.25. The fraction of sp³-hybridized carbons (Fsp3) is 0.231. The van der Waals surface area contributed by atoms with E-state index in [4.69, 9.17) is 21.1 Å². The average Bonchev–Trinajstić information content (AvgIpc) is 2.83. The summed E-state index contributed by atoms with van der Waals surface area (Å²) in [5.41, 5.74) is 1.78. The largest absolute Gasteiger partial charge is 0.460 e. The first kappa shape index (κ1) is 25.7. The number of ether oxygens (including phenoxy) is 2. The zero-order valence-corrected chi connectivity index (χ0v) is 21.1. The molecule has 0 aliphatic carbocycles. The number of carbonyl (C=O) groups is 2. The first-order valence-corrected chi connectivity index (χ1v) is 13.1. The second kappa shape index (κ2) is 11.1. The first-order valence-electron chi connectivity index (χ1n) is 11.3. The van der Waals surface area contributed by atoms with Gasteiger partial charge >= 0.3 is 5.97 Å². The number of esters is 1. The molecule has 1 aliphatic rings. The van der Waals surface area contributed by atoms with E-state index in [0.29, 0.717) is 18.7 Å². The minimum atomic E-state index is -4.22. The Morgan fingerprint density at radius 3 is 2.39 bits per heavy atom. The molecule has 1 fully saturated rings. The standard InChI is InChI=1S/C26H25ClN2O6S/c1-34-12-13-35-26(31)23-9-8-19(18-6-3-2-4-7-18)16-24(23)28-36(32,33)22-15-20(14-21(27)17-22)25(30)29-10-5-11-29/h2-4,6-9,14-17,28H,5,10-13H2,1H3. The van der Waals surface area contributed by atoms with Crippen molar-refractivity contribution in [3.05, 3.63) is 82.9 Å².